The third-order valence-corrected chi connectivity index (χ3v) is 6.87. The molecule has 1 aromatic heterocycles. The van der Waals surface area contributed by atoms with Crippen LogP contribution in [0.4, 0.5) is 10.8 Å². The van der Waals surface area contributed by atoms with Crippen molar-refractivity contribution in [3.05, 3.63) is 53.9 Å². The van der Waals surface area contributed by atoms with Crippen LogP contribution in [-0.4, -0.2) is 35.7 Å². The second-order valence-corrected chi connectivity index (χ2v) is 9.01. The highest BCUT2D eigenvalue weighted by Crippen LogP contribution is 2.45. The van der Waals surface area contributed by atoms with E-state index in [0.29, 0.717) is 5.13 Å². The van der Waals surface area contributed by atoms with Crippen LogP contribution in [0.1, 0.15) is 6.92 Å². The molecule has 8 heteroatoms. The first-order valence-electron chi connectivity index (χ1n) is 8.90. The summed E-state index contributed by atoms with van der Waals surface area (Å²) in [5.41, 5.74) is 2.44. The van der Waals surface area contributed by atoms with Gasteiger partial charge in [0.2, 0.25) is 0 Å². The van der Waals surface area contributed by atoms with Crippen LogP contribution in [0, 0.1) is 0 Å². The molecule has 3 aromatic rings. The number of hydrogen-bond donors (Lipinski definition) is 1. The smallest absolute Gasteiger partial charge is 0.252 e. The molecule has 0 aliphatic carbocycles. The highest BCUT2D eigenvalue weighted by atomic mass is 32.2. The maximum absolute atomic E-state index is 13.1. The molecular formula is C21H19N3O3S2. The van der Waals surface area contributed by atoms with E-state index in [2.05, 4.69) is 10.3 Å². The third-order valence-electron chi connectivity index (χ3n) is 4.78. The Kier molecular flexibility index (Phi) is 5.06. The van der Waals surface area contributed by atoms with Gasteiger partial charge in [-0.1, -0.05) is 36.0 Å². The van der Waals surface area contributed by atoms with E-state index >= 15 is 0 Å². The second-order valence-electron chi connectivity index (χ2n) is 6.69. The van der Waals surface area contributed by atoms with Gasteiger partial charge in [-0.25, -0.2) is 4.98 Å². The minimum absolute atomic E-state index is 0.261. The Bertz CT molecular complexity index is 1100. The van der Waals surface area contributed by atoms with Crippen LogP contribution in [0.2, 0.25) is 0 Å². The van der Waals surface area contributed by atoms with Crippen molar-refractivity contribution in [2.75, 3.05) is 24.4 Å². The second kappa shape index (κ2) is 7.53. The van der Waals surface area contributed by atoms with Gasteiger partial charge in [-0.2, -0.15) is 0 Å². The molecule has 1 atom stereocenters. The van der Waals surface area contributed by atoms with E-state index < -0.39 is 4.75 Å². The maximum atomic E-state index is 13.1. The predicted octanol–water partition coefficient (Wildman–Crippen LogP) is 4.28. The van der Waals surface area contributed by atoms with Gasteiger partial charge in [-0.15, -0.1) is 11.3 Å². The van der Waals surface area contributed by atoms with Crippen molar-refractivity contribution in [2.24, 2.45) is 0 Å². The molecule has 4 rings (SSSR count). The monoisotopic (exact) mass is 425 g/mol. The fraction of sp³-hybridized carbons (Fsp3) is 0.190. The van der Waals surface area contributed by atoms with E-state index in [9.17, 15) is 9.59 Å². The number of amides is 2. The first kappa shape index (κ1) is 19.5. The molecule has 1 aliphatic heterocycles. The number of thioether (sulfide) groups is 1. The number of anilines is 2. The van der Waals surface area contributed by atoms with E-state index in [0.717, 1.165) is 27.6 Å². The highest BCUT2D eigenvalue weighted by molar-refractivity contribution is 8.02. The Labute approximate surface area is 176 Å². The molecule has 0 bridgehead atoms. The molecule has 1 unspecified atom stereocenters. The van der Waals surface area contributed by atoms with Crippen LogP contribution < -0.4 is 15.0 Å². The number of hydrogen-bond acceptors (Lipinski definition) is 6. The summed E-state index contributed by atoms with van der Waals surface area (Å²) in [6.45, 7) is 1.65. The van der Waals surface area contributed by atoms with E-state index in [1.165, 1.54) is 28.0 Å². The average molecular weight is 426 g/mol. The number of carbonyl (C=O) groups is 2. The number of aromatic nitrogens is 1. The zero-order valence-electron chi connectivity index (χ0n) is 16.1. The number of methoxy groups -OCH3 is 1. The summed E-state index contributed by atoms with van der Waals surface area (Å²) < 4.78 is 3.98. The molecule has 1 N–H and O–H groups in total. The number of thiazole rings is 1. The van der Waals surface area contributed by atoms with E-state index in [-0.39, 0.29) is 11.8 Å². The van der Waals surface area contributed by atoms with Crippen molar-refractivity contribution in [2.45, 2.75) is 16.6 Å². The quantitative estimate of drug-likeness (QED) is 0.632. The summed E-state index contributed by atoms with van der Waals surface area (Å²) in [4.78, 5) is 33.0. The Morgan fingerprint density at radius 2 is 2.00 bits per heavy atom. The molecule has 2 aromatic carbocycles. The lowest BCUT2D eigenvalue weighted by molar-refractivity contribution is -0.128. The first-order chi connectivity index (χ1) is 13.9. The average Bonchev–Trinajstić information content (AvgIpc) is 3.20. The normalized spacial score (nSPS) is 18.3. The van der Waals surface area contributed by atoms with Gasteiger partial charge in [0, 0.05) is 22.9 Å². The molecule has 0 spiro atoms. The number of rotatable bonds is 4. The lowest BCUT2D eigenvalue weighted by Gasteiger charge is -2.36. The number of ether oxygens (including phenoxy) is 1. The molecule has 0 radical (unpaired) electrons. The zero-order chi connectivity index (χ0) is 20.6. The van der Waals surface area contributed by atoms with Gasteiger partial charge in [0.25, 0.3) is 11.8 Å². The van der Waals surface area contributed by atoms with E-state index in [1.807, 2.05) is 53.9 Å². The zero-order valence-corrected chi connectivity index (χ0v) is 17.8. The van der Waals surface area contributed by atoms with Crippen molar-refractivity contribution in [1.82, 2.24) is 4.98 Å². The lowest BCUT2D eigenvalue weighted by atomic mass is 10.1. The minimum Gasteiger partial charge on any atom is -0.497 e. The number of nitrogens with zero attached hydrogens (tertiary/aromatic N) is 2. The van der Waals surface area contributed by atoms with Crippen LogP contribution in [-0.2, 0) is 9.59 Å². The molecule has 0 fully saturated rings. The van der Waals surface area contributed by atoms with Crippen LogP contribution in [0.5, 0.6) is 5.75 Å². The summed E-state index contributed by atoms with van der Waals surface area (Å²) in [5, 5.41) is 5.13. The summed E-state index contributed by atoms with van der Waals surface area (Å²) in [6.07, 6.45) is 0. The molecular weight excluding hydrogens is 406 g/mol. The van der Waals surface area contributed by atoms with Crippen molar-refractivity contribution >= 4 is 45.7 Å². The fourth-order valence-corrected chi connectivity index (χ4v) is 5.10. The van der Waals surface area contributed by atoms with Crippen molar-refractivity contribution < 1.29 is 14.3 Å². The molecule has 0 saturated heterocycles. The van der Waals surface area contributed by atoms with Gasteiger partial charge in [0.05, 0.1) is 18.5 Å². The largest absolute Gasteiger partial charge is 0.497 e. The predicted molar refractivity (Wildman–Crippen MR) is 117 cm³/mol. The summed E-state index contributed by atoms with van der Waals surface area (Å²) >= 11 is 2.58. The molecule has 0 saturated carbocycles. The topological polar surface area (TPSA) is 71.5 Å². The van der Waals surface area contributed by atoms with Crippen molar-refractivity contribution in [3.63, 3.8) is 0 Å². The van der Waals surface area contributed by atoms with Crippen LogP contribution in [0.3, 0.4) is 0 Å². The first-order valence-corrected chi connectivity index (χ1v) is 10.6. The Morgan fingerprint density at radius 1 is 1.21 bits per heavy atom. The van der Waals surface area contributed by atoms with Gasteiger partial charge in [-0.05, 0) is 31.2 Å². The summed E-state index contributed by atoms with van der Waals surface area (Å²) in [6, 6.07) is 15.1. The van der Waals surface area contributed by atoms with E-state index in [1.54, 1.807) is 21.1 Å². The molecule has 29 heavy (non-hydrogen) atoms. The molecule has 6 nitrogen and oxygen atoms in total. The maximum Gasteiger partial charge on any atom is 0.252 e. The van der Waals surface area contributed by atoms with Gasteiger partial charge in [0.15, 0.2) is 9.88 Å². The van der Waals surface area contributed by atoms with Crippen molar-refractivity contribution in [1.29, 1.82) is 0 Å². The SMILES string of the molecule is COc1cccc(-c2csc(NC(=O)C3(C)Sc4ccccc4N(C)C3=O)n2)c1. The summed E-state index contributed by atoms with van der Waals surface area (Å²) in [5.74, 6) is 0.0863. The minimum atomic E-state index is -1.27. The van der Waals surface area contributed by atoms with Gasteiger partial charge in [-0.3, -0.25) is 9.59 Å². The van der Waals surface area contributed by atoms with Crippen LogP contribution in [0.15, 0.2) is 58.8 Å². The fourth-order valence-electron chi connectivity index (χ4n) is 3.12. The van der Waals surface area contributed by atoms with Crippen LogP contribution in [0.25, 0.3) is 11.3 Å². The highest BCUT2D eigenvalue weighted by Gasteiger charge is 2.48. The van der Waals surface area contributed by atoms with Crippen molar-refractivity contribution in [3.8, 4) is 17.0 Å². The molecule has 1 aliphatic rings. The third kappa shape index (κ3) is 3.49. The number of para-hydroxylation sites is 1. The number of nitrogens with one attached hydrogen (secondary N) is 1. The number of benzene rings is 2. The van der Waals surface area contributed by atoms with Crippen LogP contribution >= 0.6 is 23.1 Å². The molecule has 2 heterocycles. The lowest BCUT2D eigenvalue weighted by Crippen LogP contribution is -2.53. The Hall–Kier alpha value is -2.84. The number of fused-ring (bicyclic) bond motifs is 1. The van der Waals surface area contributed by atoms with E-state index in [4.69, 9.17) is 4.74 Å². The van der Waals surface area contributed by atoms with Gasteiger partial charge < -0.3 is 15.0 Å². The number of carbonyl (C=O) groups excluding carboxylic acids is 2. The standard InChI is InChI=1S/C21H19N3O3S2/c1-21(19(26)24(2)16-9-4-5-10-17(16)29-21)18(25)23-20-22-15(12-28-20)13-7-6-8-14(11-13)27-3/h4-12H,1-3H3,(H,22,23,25). The summed E-state index contributed by atoms with van der Waals surface area (Å²) in [7, 11) is 3.30. The molecule has 148 valence electrons. The van der Waals surface area contributed by atoms with Gasteiger partial charge >= 0.3 is 0 Å². The van der Waals surface area contributed by atoms with Gasteiger partial charge in [0.1, 0.15) is 5.75 Å². The Balaban J connectivity index is 1.57. The molecule has 2 amide bonds. The Morgan fingerprint density at radius 3 is 2.79 bits per heavy atom.